The van der Waals surface area contributed by atoms with Crippen LogP contribution in [0, 0.1) is 5.92 Å². The molecule has 2 heterocycles. The molecule has 0 bridgehead atoms. The van der Waals surface area contributed by atoms with Crippen LogP contribution in [0.15, 0.2) is 18.2 Å². The number of halogens is 3. The molecule has 0 saturated carbocycles. The molecule has 1 aromatic heterocycles. The highest BCUT2D eigenvalue weighted by Crippen LogP contribution is 2.37. The summed E-state index contributed by atoms with van der Waals surface area (Å²) in [4.78, 5) is 30.9. The number of hydrogen-bond acceptors (Lipinski definition) is 7. The molecule has 2 aromatic rings. The molecule has 3 rings (SSSR count). The molecule has 1 atom stereocenters. The number of carboxylic acid groups (broad SMARTS) is 1. The van der Waals surface area contributed by atoms with Gasteiger partial charge in [0.2, 0.25) is 11.0 Å². The van der Waals surface area contributed by atoms with Crippen molar-refractivity contribution in [3.05, 3.63) is 29.6 Å². The zero-order valence-electron chi connectivity index (χ0n) is 21.3. The third kappa shape index (κ3) is 7.46. The summed E-state index contributed by atoms with van der Waals surface area (Å²) in [5.74, 6) is -2.16. The van der Waals surface area contributed by atoms with Gasteiger partial charge >= 0.3 is 18.2 Å². The van der Waals surface area contributed by atoms with Crippen LogP contribution in [0.5, 0.6) is 0 Å². The van der Waals surface area contributed by atoms with Gasteiger partial charge in [-0.15, -0.1) is 0 Å². The highest BCUT2D eigenvalue weighted by atomic mass is 32.1. The topological polar surface area (TPSA) is 111 Å². The molecule has 1 aromatic carbocycles. The van der Waals surface area contributed by atoms with Crippen LogP contribution in [0.4, 0.5) is 34.5 Å². The number of benzene rings is 1. The summed E-state index contributed by atoms with van der Waals surface area (Å²) in [6.07, 6.45) is -3.27. The summed E-state index contributed by atoms with van der Waals surface area (Å²) >= 11 is 0.616. The Kier molecular flexibility index (Phi) is 9.21. The molecule has 1 saturated heterocycles. The number of hydrogen-bond donors (Lipinski definition) is 3. The van der Waals surface area contributed by atoms with Crippen LogP contribution in [0.2, 0.25) is 0 Å². The average Bonchev–Trinajstić information content (AvgIpc) is 3.31. The number of carboxylic acids is 1. The van der Waals surface area contributed by atoms with E-state index >= 15 is 0 Å². The van der Waals surface area contributed by atoms with Gasteiger partial charge in [-0.2, -0.15) is 22.5 Å². The summed E-state index contributed by atoms with van der Waals surface area (Å²) in [7, 11) is 1.60. The molecular weight excluding hydrogens is 509 g/mol. The van der Waals surface area contributed by atoms with Crippen molar-refractivity contribution < 1.29 is 27.9 Å². The molecule has 9 nitrogen and oxygen atoms in total. The van der Waals surface area contributed by atoms with E-state index in [4.69, 9.17) is 0 Å². The van der Waals surface area contributed by atoms with Crippen molar-refractivity contribution in [3.8, 4) is 0 Å². The summed E-state index contributed by atoms with van der Waals surface area (Å²) < 4.78 is 42.7. The molecule has 204 valence electrons. The van der Waals surface area contributed by atoms with Crippen LogP contribution >= 0.6 is 11.5 Å². The molecule has 2 amide bonds. The summed E-state index contributed by atoms with van der Waals surface area (Å²) in [5, 5.41) is 14.9. The third-order valence-electron chi connectivity index (χ3n) is 6.27. The Hall–Kier alpha value is -3.09. The largest absolute Gasteiger partial charge is 0.481 e. The molecule has 0 aliphatic carbocycles. The maximum absolute atomic E-state index is 13.1. The maximum atomic E-state index is 13.1. The highest BCUT2D eigenvalue weighted by Gasteiger charge is 2.36. The quantitative estimate of drug-likeness (QED) is 0.402. The number of rotatable bonds is 9. The molecule has 1 aliphatic heterocycles. The lowest BCUT2D eigenvalue weighted by atomic mass is 9.95. The van der Waals surface area contributed by atoms with Gasteiger partial charge in [0.1, 0.15) is 0 Å². The van der Waals surface area contributed by atoms with E-state index < -0.39 is 18.0 Å². The number of aromatic nitrogens is 2. The molecule has 1 aliphatic rings. The first-order valence-corrected chi connectivity index (χ1v) is 12.9. The van der Waals surface area contributed by atoms with Gasteiger partial charge in [0.25, 0.3) is 0 Å². The van der Waals surface area contributed by atoms with Crippen molar-refractivity contribution in [2.45, 2.75) is 58.2 Å². The monoisotopic (exact) mass is 542 g/mol. The second-order valence-electron chi connectivity index (χ2n) is 9.64. The van der Waals surface area contributed by atoms with Crippen LogP contribution in [-0.2, 0) is 11.0 Å². The average molecular weight is 543 g/mol. The van der Waals surface area contributed by atoms with E-state index in [9.17, 15) is 27.9 Å². The number of urea groups is 1. The molecule has 1 fully saturated rings. The second-order valence-corrected chi connectivity index (χ2v) is 10.4. The van der Waals surface area contributed by atoms with Crippen molar-refractivity contribution in [2.75, 3.05) is 36.9 Å². The van der Waals surface area contributed by atoms with Crippen molar-refractivity contribution in [3.63, 3.8) is 0 Å². The molecule has 3 N–H and O–H groups in total. The fourth-order valence-electron chi connectivity index (χ4n) is 4.47. The summed E-state index contributed by atoms with van der Waals surface area (Å²) in [6, 6.07) is 5.51. The maximum Gasteiger partial charge on any atom is 0.452 e. The SMILES string of the molecule is CNC(=O)N1CCC(N(CC(C)C)c2ccc(C(C)CC(=O)O)cc2Nc2nc(C(F)(F)F)ns2)CC1. The minimum atomic E-state index is -4.65. The van der Waals surface area contributed by atoms with E-state index in [2.05, 4.69) is 38.7 Å². The Morgan fingerprint density at radius 1 is 1.24 bits per heavy atom. The number of nitrogens with one attached hydrogen (secondary N) is 2. The van der Waals surface area contributed by atoms with E-state index in [0.29, 0.717) is 36.9 Å². The van der Waals surface area contributed by atoms with Crippen molar-refractivity contribution in [1.29, 1.82) is 0 Å². The Labute approximate surface area is 218 Å². The Bertz CT molecular complexity index is 1090. The summed E-state index contributed by atoms with van der Waals surface area (Å²) in [6.45, 7) is 7.82. The minimum absolute atomic E-state index is 0.00412. The lowest BCUT2D eigenvalue weighted by Gasteiger charge is -2.41. The molecule has 1 unspecified atom stereocenters. The van der Waals surface area contributed by atoms with E-state index in [1.165, 1.54) is 0 Å². The molecule has 0 radical (unpaired) electrons. The second kappa shape index (κ2) is 12.0. The first kappa shape index (κ1) is 28.5. The van der Waals surface area contributed by atoms with E-state index in [0.717, 1.165) is 24.1 Å². The lowest BCUT2D eigenvalue weighted by molar-refractivity contribution is -0.144. The number of amides is 2. The number of alkyl halides is 3. The number of carbonyl (C=O) groups excluding carboxylic acids is 1. The van der Waals surface area contributed by atoms with Gasteiger partial charge < -0.3 is 25.5 Å². The predicted molar refractivity (Wildman–Crippen MR) is 137 cm³/mol. The fraction of sp³-hybridized carbons (Fsp3) is 0.583. The number of anilines is 3. The van der Waals surface area contributed by atoms with Crippen LogP contribution in [-0.4, -0.2) is 64.1 Å². The van der Waals surface area contributed by atoms with Crippen LogP contribution < -0.4 is 15.5 Å². The smallest absolute Gasteiger partial charge is 0.452 e. The molecular formula is C24H33F3N6O3S. The number of carbonyl (C=O) groups is 2. The van der Waals surface area contributed by atoms with E-state index in [1.807, 2.05) is 12.1 Å². The Morgan fingerprint density at radius 2 is 1.92 bits per heavy atom. The Morgan fingerprint density at radius 3 is 2.46 bits per heavy atom. The lowest BCUT2D eigenvalue weighted by Crippen LogP contribution is -2.50. The van der Waals surface area contributed by atoms with Crippen LogP contribution in [0.25, 0.3) is 0 Å². The highest BCUT2D eigenvalue weighted by molar-refractivity contribution is 7.09. The molecule has 0 spiro atoms. The van der Waals surface area contributed by atoms with Gasteiger partial charge in [-0.3, -0.25) is 4.79 Å². The van der Waals surface area contributed by atoms with Crippen molar-refractivity contribution in [2.24, 2.45) is 5.92 Å². The van der Waals surface area contributed by atoms with Gasteiger partial charge in [0.15, 0.2) is 0 Å². The normalized spacial score (nSPS) is 15.5. The van der Waals surface area contributed by atoms with Crippen LogP contribution in [0.1, 0.15) is 57.3 Å². The standard InChI is InChI=1S/C24H33F3N6O3S/c1-14(2)13-33(17-7-9-32(10-8-17)23(36)28-4)19-6-5-16(15(3)11-20(34)35)12-18(19)29-22-30-21(31-37-22)24(25,26)27/h5-6,12,14-15,17H,7-11,13H2,1-4H3,(H,28,36)(H,34,35)(H,29,30,31). The molecule has 13 heteroatoms. The summed E-state index contributed by atoms with van der Waals surface area (Å²) in [5.41, 5.74) is 2.06. The van der Waals surface area contributed by atoms with E-state index in [1.54, 1.807) is 24.9 Å². The Balaban J connectivity index is 1.98. The van der Waals surface area contributed by atoms with Gasteiger partial charge in [0.05, 0.1) is 17.8 Å². The predicted octanol–water partition coefficient (Wildman–Crippen LogP) is 5.14. The van der Waals surface area contributed by atoms with E-state index in [-0.39, 0.29) is 35.5 Å². The van der Waals surface area contributed by atoms with Gasteiger partial charge in [-0.25, -0.2) is 4.79 Å². The van der Waals surface area contributed by atoms with Crippen molar-refractivity contribution >= 4 is 40.0 Å². The van der Waals surface area contributed by atoms with Crippen molar-refractivity contribution in [1.82, 2.24) is 19.6 Å². The fourth-order valence-corrected chi connectivity index (χ4v) is 5.07. The number of nitrogens with zero attached hydrogens (tertiary/aromatic N) is 4. The zero-order valence-corrected chi connectivity index (χ0v) is 22.1. The first-order chi connectivity index (χ1) is 17.4. The number of piperidine rings is 1. The third-order valence-corrected chi connectivity index (χ3v) is 6.90. The first-order valence-electron chi connectivity index (χ1n) is 12.2. The van der Waals surface area contributed by atoms with Gasteiger partial charge in [-0.1, -0.05) is 26.8 Å². The number of aliphatic carboxylic acids is 1. The van der Waals surface area contributed by atoms with Gasteiger partial charge in [-0.05, 0) is 42.4 Å². The minimum Gasteiger partial charge on any atom is -0.481 e. The van der Waals surface area contributed by atoms with Gasteiger partial charge in [0, 0.05) is 44.3 Å². The molecule has 37 heavy (non-hydrogen) atoms. The number of likely N-dealkylation sites (tertiary alicyclic amines) is 1. The van der Waals surface area contributed by atoms with Crippen LogP contribution in [0.3, 0.4) is 0 Å². The zero-order chi connectivity index (χ0) is 27.3.